The van der Waals surface area contributed by atoms with Crippen molar-refractivity contribution >= 4 is 23.5 Å². The Hall–Kier alpha value is -2.34. The number of hydrogen-bond donors (Lipinski definition) is 1. The van der Waals surface area contributed by atoms with E-state index in [0.717, 1.165) is 18.4 Å². The first-order valence-electron chi connectivity index (χ1n) is 8.25. The molecule has 0 aliphatic carbocycles. The summed E-state index contributed by atoms with van der Waals surface area (Å²) in [6.45, 7) is 0.618. The zero-order valence-corrected chi connectivity index (χ0v) is 14.4. The summed E-state index contributed by atoms with van der Waals surface area (Å²) in [5.74, 6) is 0.109. The number of benzene rings is 1. The predicted molar refractivity (Wildman–Crippen MR) is 92.3 cm³/mol. The van der Waals surface area contributed by atoms with E-state index in [9.17, 15) is 9.59 Å². The van der Waals surface area contributed by atoms with E-state index in [1.54, 1.807) is 17.2 Å². The van der Waals surface area contributed by atoms with Crippen LogP contribution in [0.1, 0.15) is 31.6 Å². The Morgan fingerprint density at radius 2 is 2.16 bits per heavy atom. The number of aliphatic carboxylic acids is 1. The lowest BCUT2D eigenvalue weighted by Crippen LogP contribution is -2.36. The maximum absolute atomic E-state index is 12.4. The number of halogens is 1. The average Bonchev–Trinajstić information content (AvgIpc) is 3.22. The fourth-order valence-corrected chi connectivity index (χ4v) is 3.38. The van der Waals surface area contributed by atoms with Crippen molar-refractivity contribution < 1.29 is 19.1 Å². The van der Waals surface area contributed by atoms with Gasteiger partial charge in [-0.2, -0.15) is 0 Å². The van der Waals surface area contributed by atoms with Crippen LogP contribution in [-0.4, -0.2) is 39.5 Å². The number of rotatable bonds is 6. The largest absolute Gasteiger partial charge is 0.481 e. The molecule has 1 atom stereocenters. The molecule has 2 heterocycles. The Labute approximate surface area is 150 Å². The highest BCUT2D eigenvalue weighted by Crippen LogP contribution is 2.28. The molecule has 6 nitrogen and oxygen atoms in total. The molecule has 1 aliphatic heterocycles. The molecule has 7 heteroatoms. The van der Waals surface area contributed by atoms with Crippen molar-refractivity contribution in [2.45, 2.75) is 38.1 Å². The predicted octanol–water partition coefficient (Wildman–Crippen LogP) is 3.39. The molecule has 0 bridgehead atoms. The van der Waals surface area contributed by atoms with Crippen molar-refractivity contribution in [1.82, 2.24) is 9.88 Å². The number of likely N-dealkylation sites (tertiary alicyclic amines) is 1. The summed E-state index contributed by atoms with van der Waals surface area (Å²) in [6, 6.07) is 7.12. The number of oxazole rings is 1. The minimum absolute atomic E-state index is 0.00139. The van der Waals surface area contributed by atoms with Gasteiger partial charge in [-0.05, 0) is 25.0 Å². The first kappa shape index (κ1) is 17.5. The molecule has 1 unspecified atom stereocenters. The van der Waals surface area contributed by atoms with Gasteiger partial charge >= 0.3 is 5.97 Å². The quantitative estimate of drug-likeness (QED) is 0.851. The Morgan fingerprint density at radius 1 is 1.36 bits per heavy atom. The van der Waals surface area contributed by atoms with Crippen LogP contribution in [0.5, 0.6) is 0 Å². The smallest absolute Gasteiger partial charge is 0.305 e. The number of nitrogens with zero attached hydrogens (tertiary/aromatic N) is 2. The third-order valence-corrected chi connectivity index (χ3v) is 4.68. The highest BCUT2D eigenvalue weighted by atomic mass is 35.5. The zero-order chi connectivity index (χ0) is 17.8. The van der Waals surface area contributed by atoms with Gasteiger partial charge in [0.25, 0.3) is 0 Å². The Balaban J connectivity index is 1.60. The van der Waals surface area contributed by atoms with E-state index in [0.29, 0.717) is 29.6 Å². The second-order valence-corrected chi connectivity index (χ2v) is 6.49. The van der Waals surface area contributed by atoms with E-state index < -0.39 is 5.97 Å². The fourth-order valence-electron chi connectivity index (χ4n) is 3.15. The van der Waals surface area contributed by atoms with Crippen LogP contribution in [0.25, 0.3) is 11.3 Å². The molecule has 3 rings (SSSR count). The highest BCUT2D eigenvalue weighted by molar-refractivity contribution is 6.33. The molecule has 0 spiro atoms. The molecule has 2 aromatic rings. The zero-order valence-electron chi connectivity index (χ0n) is 13.7. The number of carboxylic acids is 1. The van der Waals surface area contributed by atoms with E-state index >= 15 is 0 Å². The van der Waals surface area contributed by atoms with Gasteiger partial charge in [0.2, 0.25) is 5.91 Å². The van der Waals surface area contributed by atoms with Gasteiger partial charge in [-0.15, -0.1) is 0 Å². The molecule has 0 radical (unpaired) electrons. The maximum Gasteiger partial charge on any atom is 0.305 e. The summed E-state index contributed by atoms with van der Waals surface area (Å²) >= 11 is 6.14. The number of carbonyl (C=O) groups is 2. The topological polar surface area (TPSA) is 83.6 Å². The van der Waals surface area contributed by atoms with Gasteiger partial charge in [-0.1, -0.05) is 23.7 Å². The van der Waals surface area contributed by atoms with E-state index in [4.69, 9.17) is 21.1 Å². The molecular weight excluding hydrogens is 344 g/mol. The molecule has 1 aliphatic rings. The van der Waals surface area contributed by atoms with Crippen LogP contribution in [-0.2, 0) is 16.0 Å². The Morgan fingerprint density at radius 3 is 2.92 bits per heavy atom. The maximum atomic E-state index is 12.4. The average molecular weight is 363 g/mol. The monoisotopic (exact) mass is 362 g/mol. The van der Waals surface area contributed by atoms with Crippen LogP contribution in [0.3, 0.4) is 0 Å². The number of carboxylic acid groups (broad SMARTS) is 1. The van der Waals surface area contributed by atoms with Crippen molar-refractivity contribution in [3.8, 4) is 11.3 Å². The molecular formula is C18H19ClN2O4. The van der Waals surface area contributed by atoms with E-state index in [-0.39, 0.29) is 24.8 Å². The normalized spacial score (nSPS) is 17.0. The van der Waals surface area contributed by atoms with Crippen molar-refractivity contribution in [1.29, 1.82) is 0 Å². The van der Waals surface area contributed by atoms with Gasteiger partial charge in [-0.3, -0.25) is 9.59 Å². The van der Waals surface area contributed by atoms with E-state index in [1.165, 1.54) is 0 Å². The molecule has 1 saturated heterocycles. The van der Waals surface area contributed by atoms with Gasteiger partial charge in [0.05, 0.1) is 17.6 Å². The number of aryl methyl sites for hydroxylation is 1. The standard InChI is InChI=1S/C18H19ClN2O4/c19-14-6-2-1-5-13(14)15-11-20-16(25-15)7-8-17(22)21-9-3-4-12(21)10-18(23)24/h1-2,5-6,11-12H,3-4,7-10H2,(H,23,24). The van der Waals surface area contributed by atoms with E-state index in [1.807, 2.05) is 18.2 Å². The van der Waals surface area contributed by atoms with Crippen LogP contribution in [0, 0.1) is 0 Å². The van der Waals surface area contributed by atoms with Gasteiger partial charge < -0.3 is 14.4 Å². The number of aromatic nitrogens is 1. The molecule has 1 fully saturated rings. The van der Waals surface area contributed by atoms with Gasteiger partial charge in [0, 0.05) is 31.0 Å². The Bertz CT molecular complexity index is 774. The summed E-state index contributed by atoms with van der Waals surface area (Å²) in [5, 5.41) is 9.52. The third kappa shape index (κ3) is 4.20. The summed E-state index contributed by atoms with van der Waals surface area (Å²) in [6.07, 6.45) is 3.82. The lowest BCUT2D eigenvalue weighted by molar-refractivity contribution is -0.139. The van der Waals surface area contributed by atoms with Crippen molar-refractivity contribution in [3.05, 3.63) is 41.4 Å². The minimum atomic E-state index is -0.873. The van der Waals surface area contributed by atoms with Gasteiger partial charge in [0.1, 0.15) is 0 Å². The first-order valence-corrected chi connectivity index (χ1v) is 8.63. The fraction of sp³-hybridized carbons (Fsp3) is 0.389. The second-order valence-electron chi connectivity index (χ2n) is 6.08. The molecule has 132 valence electrons. The lowest BCUT2D eigenvalue weighted by atomic mass is 10.1. The van der Waals surface area contributed by atoms with Crippen molar-refractivity contribution in [3.63, 3.8) is 0 Å². The number of hydrogen-bond acceptors (Lipinski definition) is 4. The molecule has 1 amide bonds. The van der Waals surface area contributed by atoms with Crippen LogP contribution >= 0.6 is 11.6 Å². The first-order chi connectivity index (χ1) is 12.0. The van der Waals surface area contributed by atoms with Crippen molar-refractivity contribution in [2.75, 3.05) is 6.54 Å². The summed E-state index contributed by atoms with van der Waals surface area (Å²) < 4.78 is 5.69. The van der Waals surface area contributed by atoms with Gasteiger partial charge in [0.15, 0.2) is 11.7 Å². The minimum Gasteiger partial charge on any atom is -0.481 e. The molecule has 1 aromatic heterocycles. The molecule has 0 saturated carbocycles. The third-order valence-electron chi connectivity index (χ3n) is 4.35. The van der Waals surface area contributed by atoms with Crippen LogP contribution in [0.4, 0.5) is 0 Å². The molecule has 1 aromatic carbocycles. The van der Waals surface area contributed by atoms with Gasteiger partial charge in [-0.25, -0.2) is 4.98 Å². The summed E-state index contributed by atoms with van der Waals surface area (Å²) in [4.78, 5) is 29.2. The summed E-state index contributed by atoms with van der Waals surface area (Å²) in [7, 11) is 0. The lowest BCUT2D eigenvalue weighted by Gasteiger charge is -2.23. The van der Waals surface area contributed by atoms with Crippen LogP contribution < -0.4 is 0 Å². The Kier molecular flexibility index (Phi) is 5.38. The molecule has 25 heavy (non-hydrogen) atoms. The van der Waals surface area contributed by atoms with Crippen LogP contribution in [0.15, 0.2) is 34.9 Å². The summed E-state index contributed by atoms with van der Waals surface area (Å²) in [5.41, 5.74) is 0.760. The van der Waals surface area contributed by atoms with Crippen LogP contribution in [0.2, 0.25) is 5.02 Å². The second kappa shape index (κ2) is 7.70. The SMILES string of the molecule is O=C(O)CC1CCCN1C(=O)CCc1ncc(-c2ccccc2Cl)o1. The van der Waals surface area contributed by atoms with E-state index in [2.05, 4.69) is 4.98 Å². The number of amides is 1. The van der Waals surface area contributed by atoms with Crippen molar-refractivity contribution in [2.24, 2.45) is 0 Å². The molecule has 1 N–H and O–H groups in total. The number of carbonyl (C=O) groups excluding carboxylic acids is 1. The highest BCUT2D eigenvalue weighted by Gasteiger charge is 2.30.